The summed E-state index contributed by atoms with van der Waals surface area (Å²) in [6.07, 6.45) is 1.72. The molecule has 33 heavy (non-hydrogen) atoms. The summed E-state index contributed by atoms with van der Waals surface area (Å²) in [5.74, 6) is -1.07. The molecule has 9 heteroatoms. The van der Waals surface area contributed by atoms with E-state index in [1.165, 1.54) is 35.6 Å². The minimum absolute atomic E-state index is 0.00556. The molecule has 172 valence electrons. The molecule has 3 aromatic rings. The average Bonchev–Trinajstić information content (AvgIpc) is 3.35. The highest BCUT2D eigenvalue weighted by molar-refractivity contribution is 7.89. The van der Waals surface area contributed by atoms with E-state index < -0.39 is 22.6 Å². The van der Waals surface area contributed by atoms with Crippen molar-refractivity contribution in [1.29, 1.82) is 0 Å². The quantitative estimate of drug-likeness (QED) is 0.516. The summed E-state index contributed by atoms with van der Waals surface area (Å²) in [6, 6.07) is 17.0. The Morgan fingerprint density at radius 3 is 2.73 bits per heavy atom. The number of carbonyl (C=O) groups is 2. The van der Waals surface area contributed by atoms with Gasteiger partial charge in [-0.05, 0) is 61.0 Å². The summed E-state index contributed by atoms with van der Waals surface area (Å²) in [7, 11) is -3.81. The number of esters is 1. The first-order valence-corrected chi connectivity index (χ1v) is 12.9. The molecule has 2 aromatic carbocycles. The second kappa shape index (κ2) is 9.86. The van der Waals surface area contributed by atoms with Crippen molar-refractivity contribution in [2.75, 3.05) is 11.5 Å². The minimum atomic E-state index is -3.81. The van der Waals surface area contributed by atoms with Crippen LogP contribution in [-0.4, -0.2) is 32.9 Å². The zero-order valence-electron chi connectivity index (χ0n) is 18.1. The van der Waals surface area contributed by atoms with Gasteiger partial charge >= 0.3 is 5.97 Å². The Balaban J connectivity index is 1.41. The maximum Gasteiger partial charge on any atom is 0.338 e. The van der Waals surface area contributed by atoms with Crippen LogP contribution in [0.25, 0.3) is 0 Å². The molecule has 0 saturated heterocycles. The Bertz CT molecular complexity index is 1260. The number of amides is 1. The SMILES string of the molecule is CC1CCc2ccccc2N1C(=O)COC(=O)c1cccc(S(=O)(=O)NCc2cccs2)c1. The van der Waals surface area contributed by atoms with E-state index in [0.29, 0.717) is 0 Å². The maximum atomic E-state index is 12.9. The third kappa shape index (κ3) is 5.32. The molecule has 0 aliphatic carbocycles. The van der Waals surface area contributed by atoms with Gasteiger partial charge in [-0.2, -0.15) is 0 Å². The normalized spacial score (nSPS) is 15.7. The van der Waals surface area contributed by atoms with Gasteiger partial charge in [0.1, 0.15) is 0 Å². The Morgan fingerprint density at radius 2 is 1.94 bits per heavy atom. The van der Waals surface area contributed by atoms with Gasteiger partial charge in [-0.15, -0.1) is 11.3 Å². The second-order valence-electron chi connectivity index (χ2n) is 7.79. The summed E-state index contributed by atoms with van der Waals surface area (Å²) in [6.45, 7) is 1.71. The van der Waals surface area contributed by atoms with Gasteiger partial charge in [0.15, 0.2) is 6.61 Å². The Morgan fingerprint density at radius 1 is 1.12 bits per heavy atom. The highest BCUT2D eigenvalue weighted by Gasteiger charge is 2.28. The Hall–Kier alpha value is -3.01. The number of nitrogens with one attached hydrogen (secondary N) is 1. The monoisotopic (exact) mass is 484 g/mol. The third-order valence-electron chi connectivity index (χ3n) is 5.52. The molecule has 4 rings (SSSR count). The largest absolute Gasteiger partial charge is 0.452 e. The van der Waals surface area contributed by atoms with Gasteiger partial charge in [-0.1, -0.05) is 30.3 Å². The van der Waals surface area contributed by atoms with Gasteiger partial charge in [-0.25, -0.2) is 17.9 Å². The minimum Gasteiger partial charge on any atom is -0.452 e. The van der Waals surface area contributed by atoms with Crippen LogP contribution in [0.15, 0.2) is 70.9 Å². The first-order chi connectivity index (χ1) is 15.8. The lowest BCUT2D eigenvalue weighted by Gasteiger charge is -2.35. The van der Waals surface area contributed by atoms with E-state index in [1.54, 1.807) is 4.90 Å². The molecule has 1 amide bonds. The fraction of sp³-hybridized carbons (Fsp3) is 0.250. The summed E-state index contributed by atoms with van der Waals surface area (Å²) in [4.78, 5) is 28.0. The van der Waals surface area contributed by atoms with Crippen molar-refractivity contribution in [2.45, 2.75) is 37.2 Å². The Labute approximate surface area is 197 Å². The number of fused-ring (bicyclic) bond motifs is 1. The fourth-order valence-corrected chi connectivity index (χ4v) is 5.59. The number of hydrogen-bond donors (Lipinski definition) is 1. The number of rotatable bonds is 7. The van der Waals surface area contributed by atoms with E-state index >= 15 is 0 Å². The van der Waals surface area contributed by atoms with Crippen molar-refractivity contribution >= 4 is 38.9 Å². The van der Waals surface area contributed by atoms with Gasteiger partial charge in [0.2, 0.25) is 10.0 Å². The zero-order chi connectivity index (χ0) is 23.4. The van der Waals surface area contributed by atoms with E-state index in [4.69, 9.17) is 4.74 Å². The molecule has 1 N–H and O–H groups in total. The maximum absolute atomic E-state index is 12.9. The number of para-hydroxylation sites is 1. The number of thiophene rings is 1. The van der Waals surface area contributed by atoms with Gasteiger partial charge in [0.05, 0.1) is 10.5 Å². The zero-order valence-corrected chi connectivity index (χ0v) is 19.7. The number of nitrogens with zero attached hydrogens (tertiary/aromatic N) is 1. The number of hydrogen-bond acceptors (Lipinski definition) is 6. The van der Waals surface area contributed by atoms with Crippen molar-refractivity contribution in [1.82, 2.24) is 4.72 Å². The van der Waals surface area contributed by atoms with E-state index in [-0.39, 0.29) is 29.0 Å². The average molecular weight is 485 g/mol. The van der Waals surface area contributed by atoms with Crippen LogP contribution in [-0.2, 0) is 32.5 Å². The number of sulfonamides is 1. The van der Waals surface area contributed by atoms with Crippen molar-refractivity contribution in [3.63, 3.8) is 0 Å². The second-order valence-corrected chi connectivity index (χ2v) is 10.6. The predicted octanol–water partition coefficient (Wildman–Crippen LogP) is 3.75. The summed E-state index contributed by atoms with van der Waals surface area (Å²) < 4.78 is 33.0. The van der Waals surface area contributed by atoms with Crippen molar-refractivity contribution in [3.05, 3.63) is 82.0 Å². The van der Waals surface area contributed by atoms with Gasteiger partial charge in [0.25, 0.3) is 5.91 Å². The molecular formula is C24H24N2O5S2. The number of anilines is 1. The molecule has 0 bridgehead atoms. The lowest BCUT2D eigenvalue weighted by atomic mass is 9.96. The molecule has 0 saturated carbocycles. The molecule has 1 unspecified atom stereocenters. The molecule has 2 heterocycles. The van der Waals surface area contributed by atoms with Crippen molar-refractivity contribution < 1.29 is 22.7 Å². The molecule has 1 aliphatic heterocycles. The molecule has 1 aliphatic rings. The first kappa shape index (κ1) is 23.2. The summed E-state index contributed by atoms with van der Waals surface area (Å²) in [5, 5.41) is 1.87. The van der Waals surface area contributed by atoms with Crippen LogP contribution in [0.5, 0.6) is 0 Å². The molecule has 1 atom stereocenters. The van der Waals surface area contributed by atoms with Crippen LogP contribution in [0, 0.1) is 0 Å². The predicted molar refractivity (Wildman–Crippen MR) is 127 cm³/mol. The highest BCUT2D eigenvalue weighted by Crippen LogP contribution is 2.30. The van der Waals surface area contributed by atoms with Crippen LogP contribution in [0.2, 0.25) is 0 Å². The standard InChI is InChI=1S/C24H24N2O5S2/c1-17-11-12-18-6-2-3-10-22(18)26(17)23(27)16-31-24(28)19-7-4-9-21(14-19)33(29,30)25-15-20-8-5-13-32-20/h2-10,13-14,17,25H,11-12,15-16H2,1H3. The van der Waals surface area contributed by atoms with Crippen molar-refractivity contribution in [2.24, 2.45) is 0 Å². The van der Waals surface area contributed by atoms with E-state index in [1.807, 2.05) is 48.7 Å². The molecule has 7 nitrogen and oxygen atoms in total. The number of ether oxygens (including phenoxy) is 1. The molecule has 0 fully saturated rings. The Kier molecular flexibility index (Phi) is 6.92. The van der Waals surface area contributed by atoms with Crippen LogP contribution in [0.3, 0.4) is 0 Å². The smallest absolute Gasteiger partial charge is 0.338 e. The molecule has 0 spiro atoms. The summed E-state index contributed by atoms with van der Waals surface area (Å²) in [5.41, 5.74) is 1.99. The van der Waals surface area contributed by atoms with Crippen LogP contribution in [0.4, 0.5) is 5.69 Å². The fourth-order valence-electron chi connectivity index (χ4n) is 3.80. The van der Waals surface area contributed by atoms with Gasteiger partial charge < -0.3 is 9.64 Å². The number of carbonyl (C=O) groups excluding carboxylic acids is 2. The molecular weight excluding hydrogens is 460 g/mol. The molecule has 0 radical (unpaired) electrons. The number of aryl methyl sites for hydroxylation is 1. The van der Waals surface area contributed by atoms with Crippen LogP contribution < -0.4 is 9.62 Å². The lowest BCUT2D eigenvalue weighted by molar-refractivity contribution is -0.122. The lowest BCUT2D eigenvalue weighted by Crippen LogP contribution is -2.44. The van der Waals surface area contributed by atoms with E-state index in [0.717, 1.165) is 29.0 Å². The van der Waals surface area contributed by atoms with Crippen molar-refractivity contribution in [3.8, 4) is 0 Å². The molecule has 1 aromatic heterocycles. The third-order valence-corrected chi connectivity index (χ3v) is 7.79. The first-order valence-electron chi connectivity index (χ1n) is 10.5. The van der Waals surface area contributed by atoms with Gasteiger partial charge in [0, 0.05) is 23.2 Å². The van der Waals surface area contributed by atoms with Crippen LogP contribution >= 0.6 is 11.3 Å². The summed E-state index contributed by atoms with van der Waals surface area (Å²) >= 11 is 1.45. The van der Waals surface area contributed by atoms with E-state index in [9.17, 15) is 18.0 Å². The van der Waals surface area contributed by atoms with Gasteiger partial charge in [-0.3, -0.25) is 4.79 Å². The van der Waals surface area contributed by atoms with Crippen LogP contribution in [0.1, 0.15) is 34.1 Å². The van der Waals surface area contributed by atoms with E-state index in [2.05, 4.69) is 4.72 Å². The topological polar surface area (TPSA) is 92.8 Å². The highest BCUT2D eigenvalue weighted by atomic mass is 32.2. The number of benzene rings is 2.